The molecule has 0 bridgehead atoms. The van der Waals surface area contributed by atoms with Crippen LogP contribution in [0.4, 0.5) is 0 Å². The lowest BCUT2D eigenvalue weighted by atomic mass is 9.88. The van der Waals surface area contributed by atoms with Gasteiger partial charge in [-0.3, -0.25) is 9.58 Å². The van der Waals surface area contributed by atoms with E-state index in [1.54, 1.807) is 0 Å². The topological polar surface area (TPSA) is 47.1 Å². The van der Waals surface area contributed by atoms with Crippen molar-refractivity contribution in [1.82, 2.24) is 14.7 Å². The van der Waals surface area contributed by atoms with Gasteiger partial charge in [0.25, 0.3) is 0 Å². The molecule has 1 saturated carbocycles. The fraction of sp³-hybridized carbons (Fsp3) is 0.800. The van der Waals surface area contributed by atoms with Crippen molar-refractivity contribution in [1.29, 1.82) is 0 Å². The predicted molar refractivity (Wildman–Crippen MR) is 78.9 cm³/mol. The summed E-state index contributed by atoms with van der Waals surface area (Å²) in [5.41, 5.74) is 7.62. The van der Waals surface area contributed by atoms with Gasteiger partial charge in [0.15, 0.2) is 0 Å². The van der Waals surface area contributed by atoms with Gasteiger partial charge in [-0.2, -0.15) is 5.10 Å². The van der Waals surface area contributed by atoms with Crippen molar-refractivity contribution in [3.8, 4) is 0 Å². The first kappa shape index (κ1) is 14.5. The third kappa shape index (κ3) is 3.37. The molecule has 108 valence electrons. The maximum Gasteiger partial charge on any atom is 0.0534 e. The van der Waals surface area contributed by atoms with Crippen LogP contribution in [0.5, 0.6) is 0 Å². The summed E-state index contributed by atoms with van der Waals surface area (Å²) >= 11 is 0. The van der Waals surface area contributed by atoms with Crippen LogP contribution in [0.3, 0.4) is 0 Å². The lowest BCUT2D eigenvalue weighted by Gasteiger charge is -2.40. The highest BCUT2D eigenvalue weighted by atomic mass is 15.3. The molecule has 0 aromatic carbocycles. The third-order valence-corrected chi connectivity index (χ3v) is 4.65. The van der Waals surface area contributed by atoms with E-state index in [-0.39, 0.29) is 5.54 Å². The van der Waals surface area contributed by atoms with Gasteiger partial charge < -0.3 is 5.73 Å². The van der Waals surface area contributed by atoms with Gasteiger partial charge in [0.05, 0.1) is 6.20 Å². The minimum atomic E-state index is 0.199. The maximum absolute atomic E-state index is 6.13. The minimum absolute atomic E-state index is 0.199. The molecule has 0 spiro atoms. The van der Waals surface area contributed by atoms with Crippen LogP contribution in [-0.4, -0.2) is 33.8 Å². The third-order valence-electron chi connectivity index (χ3n) is 4.65. The number of likely N-dealkylation sites (N-methyl/N-ethyl adjacent to an activating group) is 1. The molecular formula is C15H28N4. The molecule has 1 aliphatic carbocycles. The molecule has 0 atom stereocenters. The Hall–Kier alpha value is -0.870. The number of rotatable bonds is 5. The van der Waals surface area contributed by atoms with Crippen LogP contribution in [0.2, 0.25) is 0 Å². The molecule has 19 heavy (non-hydrogen) atoms. The molecule has 1 fully saturated rings. The summed E-state index contributed by atoms with van der Waals surface area (Å²) in [6, 6.07) is 0. The maximum atomic E-state index is 6.13. The van der Waals surface area contributed by atoms with Crippen molar-refractivity contribution in [2.45, 2.75) is 64.1 Å². The van der Waals surface area contributed by atoms with Crippen LogP contribution in [-0.2, 0) is 13.1 Å². The Morgan fingerprint density at radius 2 is 2.00 bits per heavy atom. The molecular weight excluding hydrogens is 236 g/mol. The average molecular weight is 264 g/mol. The van der Waals surface area contributed by atoms with E-state index < -0.39 is 0 Å². The molecule has 0 saturated heterocycles. The lowest BCUT2D eigenvalue weighted by Crippen LogP contribution is -2.51. The summed E-state index contributed by atoms with van der Waals surface area (Å²) < 4.78 is 1.99. The molecule has 0 unspecified atom stereocenters. The molecule has 1 aliphatic rings. The standard InChI is InChI=1S/C15H28N4/c1-3-19-12-14(10-17-19)11-18(2)15(13-16)8-6-4-5-7-9-15/h10,12H,3-9,11,13,16H2,1-2H3. The van der Waals surface area contributed by atoms with Crippen LogP contribution in [0.15, 0.2) is 12.4 Å². The molecule has 2 N–H and O–H groups in total. The van der Waals surface area contributed by atoms with E-state index in [1.165, 1.54) is 44.1 Å². The van der Waals surface area contributed by atoms with E-state index in [1.807, 2.05) is 10.9 Å². The first-order valence-electron chi connectivity index (χ1n) is 7.63. The van der Waals surface area contributed by atoms with Crippen molar-refractivity contribution in [3.63, 3.8) is 0 Å². The van der Waals surface area contributed by atoms with Gasteiger partial charge in [0.1, 0.15) is 0 Å². The molecule has 4 heteroatoms. The first-order valence-corrected chi connectivity index (χ1v) is 7.63. The van der Waals surface area contributed by atoms with E-state index >= 15 is 0 Å². The zero-order valence-electron chi connectivity index (χ0n) is 12.4. The van der Waals surface area contributed by atoms with E-state index in [9.17, 15) is 0 Å². The minimum Gasteiger partial charge on any atom is -0.329 e. The lowest BCUT2D eigenvalue weighted by molar-refractivity contribution is 0.0997. The second-order valence-corrected chi connectivity index (χ2v) is 5.90. The average Bonchev–Trinajstić information content (AvgIpc) is 2.74. The number of nitrogens with zero attached hydrogens (tertiary/aromatic N) is 3. The Morgan fingerprint density at radius 3 is 2.53 bits per heavy atom. The zero-order valence-corrected chi connectivity index (χ0v) is 12.4. The normalized spacial score (nSPS) is 19.6. The van der Waals surface area contributed by atoms with Crippen LogP contribution < -0.4 is 5.73 Å². The smallest absolute Gasteiger partial charge is 0.0534 e. The molecule has 1 heterocycles. The van der Waals surface area contributed by atoms with Gasteiger partial charge in [-0.1, -0.05) is 25.7 Å². The predicted octanol–water partition coefficient (Wildman–Crippen LogP) is 2.39. The van der Waals surface area contributed by atoms with E-state index in [4.69, 9.17) is 5.73 Å². The SMILES string of the molecule is CCn1cc(CN(C)C2(CN)CCCCCC2)cn1. The highest BCUT2D eigenvalue weighted by Gasteiger charge is 2.33. The molecule has 4 nitrogen and oxygen atoms in total. The summed E-state index contributed by atoms with van der Waals surface area (Å²) in [7, 11) is 2.22. The van der Waals surface area contributed by atoms with Gasteiger partial charge in [0.2, 0.25) is 0 Å². The van der Waals surface area contributed by atoms with Gasteiger partial charge in [-0.05, 0) is 26.8 Å². The van der Waals surface area contributed by atoms with Gasteiger partial charge in [-0.15, -0.1) is 0 Å². The summed E-state index contributed by atoms with van der Waals surface area (Å²) in [6.07, 6.45) is 12.0. The molecule has 1 aromatic rings. The molecule has 0 amide bonds. The van der Waals surface area contributed by atoms with Crippen LogP contribution in [0.1, 0.15) is 51.0 Å². The monoisotopic (exact) mass is 264 g/mol. The summed E-state index contributed by atoms with van der Waals surface area (Å²) in [4.78, 5) is 2.47. The van der Waals surface area contributed by atoms with Crippen LogP contribution in [0, 0.1) is 0 Å². The van der Waals surface area contributed by atoms with Gasteiger partial charge in [-0.25, -0.2) is 0 Å². The van der Waals surface area contributed by atoms with Crippen LogP contribution in [0.25, 0.3) is 0 Å². The molecule has 0 radical (unpaired) electrons. The number of nitrogens with two attached hydrogens (primary N) is 1. The Morgan fingerprint density at radius 1 is 1.32 bits per heavy atom. The quantitative estimate of drug-likeness (QED) is 0.831. The molecule has 0 aliphatic heterocycles. The van der Waals surface area contributed by atoms with Crippen molar-refractivity contribution in [3.05, 3.63) is 18.0 Å². The van der Waals surface area contributed by atoms with E-state index in [0.717, 1.165) is 19.6 Å². The fourth-order valence-corrected chi connectivity index (χ4v) is 3.23. The van der Waals surface area contributed by atoms with Crippen LogP contribution >= 0.6 is 0 Å². The van der Waals surface area contributed by atoms with E-state index in [0.29, 0.717) is 0 Å². The largest absolute Gasteiger partial charge is 0.329 e. The number of hydrogen-bond acceptors (Lipinski definition) is 3. The summed E-state index contributed by atoms with van der Waals surface area (Å²) in [6.45, 7) is 4.78. The zero-order chi connectivity index (χ0) is 13.7. The Bertz CT molecular complexity index is 377. The van der Waals surface area contributed by atoms with E-state index in [2.05, 4.69) is 30.2 Å². The first-order chi connectivity index (χ1) is 9.20. The second kappa shape index (κ2) is 6.53. The number of aromatic nitrogens is 2. The van der Waals surface area contributed by atoms with Crippen molar-refractivity contribution < 1.29 is 0 Å². The highest BCUT2D eigenvalue weighted by molar-refractivity contribution is 5.05. The van der Waals surface area contributed by atoms with Crippen molar-refractivity contribution >= 4 is 0 Å². The highest BCUT2D eigenvalue weighted by Crippen LogP contribution is 2.31. The fourth-order valence-electron chi connectivity index (χ4n) is 3.23. The number of aryl methyl sites for hydroxylation is 1. The number of hydrogen-bond donors (Lipinski definition) is 1. The van der Waals surface area contributed by atoms with Crippen molar-refractivity contribution in [2.24, 2.45) is 5.73 Å². The van der Waals surface area contributed by atoms with Crippen molar-refractivity contribution in [2.75, 3.05) is 13.6 Å². The summed E-state index contributed by atoms with van der Waals surface area (Å²) in [5.74, 6) is 0. The van der Waals surface area contributed by atoms with Gasteiger partial charge >= 0.3 is 0 Å². The molecule has 1 aromatic heterocycles. The van der Waals surface area contributed by atoms with Gasteiger partial charge in [0, 0.05) is 36.9 Å². The second-order valence-electron chi connectivity index (χ2n) is 5.90. The Balaban J connectivity index is 2.04. The Kier molecular flexibility index (Phi) is 4.99. The Labute approximate surface area is 117 Å². The summed E-state index contributed by atoms with van der Waals surface area (Å²) in [5, 5.41) is 4.36. The molecule has 2 rings (SSSR count).